The fraction of sp³-hybridized carbons (Fsp3) is 0.625. The second-order valence-corrected chi connectivity index (χ2v) is 6.47. The van der Waals surface area contributed by atoms with Gasteiger partial charge in [0, 0.05) is 25.1 Å². The van der Waals surface area contributed by atoms with E-state index < -0.39 is 11.9 Å². The van der Waals surface area contributed by atoms with E-state index in [4.69, 9.17) is 4.42 Å². The number of rotatable bonds is 2. The van der Waals surface area contributed by atoms with Crippen LogP contribution in [0.4, 0.5) is 4.79 Å². The van der Waals surface area contributed by atoms with Crippen LogP contribution in [0.1, 0.15) is 43.6 Å². The van der Waals surface area contributed by atoms with Crippen molar-refractivity contribution in [2.45, 2.75) is 38.6 Å². The van der Waals surface area contributed by atoms with Gasteiger partial charge in [-0.3, -0.25) is 4.79 Å². The van der Waals surface area contributed by atoms with Crippen molar-refractivity contribution in [1.82, 2.24) is 10.2 Å². The molecule has 2 heterocycles. The van der Waals surface area contributed by atoms with E-state index in [9.17, 15) is 14.7 Å². The van der Waals surface area contributed by atoms with Crippen LogP contribution in [0, 0.1) is 11.8 Å². The SMILES string of the molecule is CC1CC(C(=O)O)CN(C(=O)NC2CCCc3occc32)C1. The number of aryl methyl sites for hydroxylation is 1. The molecule has 2 N–H and O–H groups in total. The second kappa shape index (κ2) is 6.02. The van der Waals surface area contributed by atoms with E-state index in [1.807, 2.05) is 13.0 Å². The van der Waals surface area contributed by atoms with Crippen molar-refractivity contribution in [2.75, 3.05) is 13.1 Å². The first-order valence-electron chi connectivity index (χ1n) is 7.89. The van der Waals surface area contributed by atoms with Crippen LogP contribution in [-0.2, 0) is 11.2 Å². The third kappa shape index (κ3) is 2.96. The lowest BCUT2D eigenvalue weighted by Crippen LogP contribution is -2.50. The van der Waals surface area contributed by atoms with Crippen molar-refractivity contribution in [3.05, 3.63) is 23.7 Å². The van der Waals surface area contributed by atoms with Gasteiger partial charge in [0.2, 0.25) is 0 Å². The Morgan fingerprint density at radius 2 is 2.23 bits per heavy atom. The van der Waals surface area contributed by atoms with Crippen LogP contribution in [0.2, 0.25) is 0 Å². The Kier molecular flexibility index (Phi) is 4.09. The zero-order chi connectivity index (χ0) is 15.7. The van der Waals surface area contributed by atoms with E-state index in [-0.39, 0.29) is 24.5 Å². The maximum absolute atomic E-state index is 12.5. The smallest absolute Gasteiger partial charge is 0.317 e. The number of likely N-dealkylation sites (tertiary alicyclic amines) is 1. The number of piperidine rings is 1. The van der Waals surface area contributed by atoms with E-state index in [2.05, 4.69) is 5.32 Å². The molecule has 3 atom stereocenters. The van der Waals surface area contributed by atoms with Gasteiger partial charge in [-0.05, 0) is 31.2 Å². The molecule has 0 aromatic carbocycles. The third-order valence-corrected chi connectivity index (χ3v) is 4.65. The molecule has 0 saturated carbocycles. The molecule has 2 amide bonds. The molecule has 0 radical (unpaired) electrons. The first-order chi connectivity index (χ1) is 10.5. The van der Waals surface area contributed by atoms with E-state index >= 15 is 0 Å². The van der Waals surface area contributed by atoms with Gasteiger partial charge < -0.3 is 19.7 Å². The second-order valence-electron chi connectivity index (χ2n) is 6.47. The Hall–Kier alpha value is -1.98. The van der Waals surface area contributed by atoms with Crippen LogP contribution in [0.3, 0.4) is 0 Å². The number of carboxylic acid groups (broad SMARTS) is 1. The standard InChI is InChI=1S/C16H22N2O4/c1-10-7-11(15(19)20)9-18(8-10)16(21)17-13-3-2-4-14-12(13)5-6-22-14/h5-6,10-11,13H,2-4,7-9H2,1H3,(H,17,21)(H,19,20). The highest BCUT2D eigenvalue weighted by atomic mass is 16.4. The van der Waals surface area contributed by atoms with E-state index in [0.717, 1.165) is 30.6 Å². The number of nitrogens with zero attached hydrogens (tertiary/aromatic N) is 1. The normalized spacial score (nSPS) is 28.0. The molecule has 1 fully saturated rings. The minimum atomic E-state index is -0.820. The van der Waals surface area contributed by atoms with Crippen LogP contribution < -0.4 is 5.32 Å². The number of amides is 2. The molecule has 3 unspecified atom stereocenters. The van der Waals surface area contributed by atoms with Gasteiger partial charge in [-0.25, -0.2) is 4.79 Å². The summed E-state index contributed by atoms with van der Waals surface area (Å²) in [7, 11) is 0. The van der Waals surface area contributed by atoms with Gasteiger partial charge in [0.15, 0.2) is 0 Å². The number of furan rings is 1. The lowest BCUT2D eigenvalue weighted by Gasteiger charge is -2.36. The van der Waals surface area contributed by atoms with Gasteiger partial charge in [0.05, 0.1) is 18.2 Å². The molecule has 120 valence electrons. The van der Waals surface area contributed by atoms with Crippen molar-refractivity contribution in [3.63, 3.8) is 0 Å². The fourth-order valence-corrected chi connectivity index (χ4v) is 3.57. The van der Waals surface area contributed by atoms with E-state index in [1.165, 1.54) is 0 Å². The largest absolute Gasteiger partial charge is 0.481 e. The number of carbonyl (C=O) groups excluding carboxylic acids is 1. The number of carbonyl (C=O) groups is 2. The van der Waals surface area contributed by atoms with Gasteiger partial charge in [0.25, 0.3) is 0 Å². The molecule has 0 bridgehead atoms. The lowest BCUT2D eigenvalue weighted by molar-refractivity contribution is -0.143. The first kappa shape index (κ1) is 14.9. The summed E-state index contributed by atoms with van der Waals surface area (Å²) in [6.07, 6.45) is 5.09. The van der Waals surface area contributed by atoms with Crippen molar-refractivity contribution in [2.24, 2.45) is 11.8 Å². The van der Waals surface area contributed by atoms with Gasteiger partial charge in [0.1, 0.15) is 5.76 Å². The predicted octanol–water partition coefficient (Wildman–Crippen LogP) is 2.41. The van der Waals surface area contributed by atoms with Crippen LogP contribution in [0.25, 0.3) is 0 Å². The molecule has 6 nitrogen and oxygen atoms in total. The minimum Gasteiger partial charge on any atom is -0.481 e. The zero-order valence-corrected chi connectivity index (χ0v) is 12.7. The molecule has 1 aliphatic heterocycles. The Labute approximate surface area is 129 Å². The molecule has 3 rings (SSSR count). The number of carboxylic acids is 1. The molecular formula is C16H22N2O4. The zero-order valence-electron chi connectivity index (χ0n) is 12.7. The van der Waals surface area contributed by atoms with Crippen molar-refractivity contribution in [3.8, 4) is 0 Å². The summed E-state index contributed by atoms with van der Waals surface area (Å²) < 4.78 is 5.44. The third-order valence-electron chi connectivity index (χ3n) is 4.65. The Morgan fingerprint density at radius 1 is 1.41 bits per heavy atom. The summed E-state index contributed by atoms with van der Waals surface area (Å²) in [4.78, 5) is 25.4. The summed E-state index contributed by atoms with van der Waals surface area (Å²) in [5.41, 5.74) is 1.06. The van der Waals surface area contributed by atoms with Gasteiger partial charge in [-0.15, -0.1) is 0 Å². The van der Waals surface area contributed by atoms with Gasteiger partial charge in [-0.2, -0.15) is 0 Å². The first-order valence-corrected chi connectivity index (χ1v) is 7.89. The Bertz CT molecular complexity index is 568. The number of hydrogen-bond donors (Lipinski definition) is 2. The Morgan fingerprint density at radius 3 is 3.00 bits per heavy atom. The molecule has 6 heteroatoms. The van der Waals surface area contributed by atoms with Crippen molar-refractivity contribution in [1.29, 1.82) is 0 Å². The highest BCUT2D eigenvalue weighted by Crippen LogP contribution is 2.31. The van der Waals surface area contributed by atoms with Crippen molar-refractivity contribution < 1.29 is 19.1 Å². The summed E-state index contributed by atoms with van der Waals surface area (Å²) in [5.74, 6) is -0.132. The number of aliphatic carboxylic acids is 1. The van der Waals surface area contributed by atoms with Crippen LogP contribution in [-0.4, -0.2) is 35.1 Å². The molecule has 22 heavy (non-hydrogen) atoms. The minimum absolute atomic E-state index is 0.0319. The summed E-state index contributed by atoms with van der Waals surface area (Å²) in [6.45, 7) is 2.89. The monoisotopic (exact) mass is 306 g/mol. The average molecular weight is 306 g/mol. The highest BCUT2D eigenvalue weighted by molar-refractivity contribution is 5.77. The number of fused-ring (bicyclic) bond motifs is 1. The topological polar surface area (TPSA) is 82.8 Å². The molecule has 2 aliphatic rings. The quantitative estimate of drug-likeness (QED) is 0.879. The number of urea groups is 1. The lowest BCUT2D eigenvalue weighted by atomic mass is 9.90. The average Bonchev–Trinajstić information content (AvgIpc) is 2.96. The van der Waals surface area contributed by atoms with Gasteiger partial charge in [-0.1, -0.05) is 6.92 Å². The molecule has 0 spiro atoms. The maximum Gasteiger partial charge on any atom is 0.317 e. The van der Waals surface area contributed by atoms with Crippen molar-refractivity contribution >= 4 is 12.0 Å². The van der Waals surface area contributed by atoms with Crippen LogP contribution in [0.5, 0.6) is 0 Å². The summed E-state index contributed by atoms with van der Waals surface area (Å²) >= 11 is 0. The van der Waals surface area contributed by atoms with E-state index in [1.54, 1.807) is 11.2 Å². The molecular weight excluding hydrogens is 284 g/mol. The van der Waals surface area contributed by atoms with E-state index in [0.29, 0.717) is 13.0 Å². The fourth-order valence-electron chi connectivity index (χ4n) is 3.57. The molecule has 1 aromatic heterocycles. The number of nitrogens with one attached hydrogen (secondary N) is 1. The molecule has 1 aromatic rings. The number of hydrogen-bond acceptors (Lipinski definition) is 3. The van der Waals surface area contributed by atoms with Crippen LogP contribution >= 0.6 is 0 Å². The van der Waals surface area contributed by atoms with Gasteiger partial charge >= 0.3 is 12.0 Å². The summed E-state index contributed by atoms with van der Waals surface area (Å²) in [5, 5.41) is 12.3. The molecule has 1 aliphatic carbocycles. The highest BCUT2D eigenvalue weighted by Gasteiger charge is 2.33. The summed E-state index contributed by atoms with van der Waals surface area (Å²) in [6, 6.07) is 1.71. The maximum atomic E-state index is 12.5. The predicted molar refractivity (Wildman–Crippen MR) is 79.4 cm³/mol. The van der Waals surface area contributed by atoms with Crippen LogP contribution in [0.15, 0.2) is 16.7 Å². The Balaban J connectivity index is 1.66. The molecule has 1 saturated heterocycles.